The third kappa shape index (κ3) is 8.10. The van der Waals surface area contributed by atoms with E-state index in [0.29, 0.717) is 0 Å². The molecule has 1 N–H and O–H groups in total. The number of benzene rings is 1. The number of hydrogen-bond acceptors (Lipinski definition) is 4. The van der Waals surface area contributed by atoms with Gasteiger partial charge in [-0.1, -0.05) is 63.3 Å². The number of carbonyl (C=O) groups is 2. The van der Waals surface area contributed by atoms with Crippen LogP contribution in [0.1, 0.15) is 83.8 Å². The highest BCUT2D eigenvalue weighted by molar-refractivity contribution is 5.89. The van der Waals surface area contributed by atoms with Gasteiger partial charge in [-0.25, -0.2) is 4.79 Å². The number of unbranched alkanes of at least 4 members (excludes halogenated alkanes) is 5. The first kappa shape index (κ1) is 24.4. The highest BCUT2D eigenvalue weighted by Crippen LogP contribution is 2.23. The van der Waals surface area contributed by atoms with Crippen molar-refractivity contribution in [3.05, 3.63) is 35.4 Å². The molecule has 5 heteroatoms. The monoisotopic (exact) mass is 417 g/mol. The van der Waals surface area contributed by atoms with Crippen LogP contribution in [0.15, 0.2) is 24.3 Å². The molecule has 1 aromatic rings. The number of carbonyl (C=O) groups excluding carboxylic acids is 2. The topological polar surface area (TPSA) is 66.8 Å². The van der Waals surface area contributed by atoms with Crippen molar-refractivity contribution in [2.45, 2.75) is 103 Å². The lowest BCUT2D eigenvalue weighted by Crippen LogP contribution is -2.44. The summed E-state index contributed by atoms with van der Waals surface area (Å²) >= 11 is 0. The van der Waals surface area contributed by atoms with Crippen molar-refractivity contribution in [3.8, 4) is 0 Å². The van der Waals surface area contributed by atoms with Crippen LogP contribution in [0.4, 0.5) is 4.79 Å². The first-order chi connectivity index (χ1) is 14.2. The summed E-state index contributed by atoms with van der Waals surface area (Å²) in [5.74, 6) is -0.0546. The average molecular weight is 418 g/mol. The van der Waals surface area contributed by atoms with E-state index in [1.54, 1.807) is 20.8 Å². The molecule has 0 aromatic heterocycles. The zero-order chi connectivity index (χ0) is 22.1. The number of likely N-dealkylation sites (tertiary alicyclic amines) is 1. The standard InChI is InChI=1S/C25H39NO4/c1-5-6-7-8-9-10-11-19-12-14-20(15-13-19)16-23(28)22-17-21(27)18-26(22)24(29)30-25(2,3)4/h12-15,21-22,27H,5-11,16-18H2,1-4H3/t21-,22+/m0/s1. The van der Waals surface area contributed by atoms with E-state index < -0.39 is 23.8 Å². The summed E-state index contributed by atoms with van der Waals surface area (Å²) in [7, 11) is 0. The second-order valence-electron chi connectivity index (χ2n) is 9.52. The van der Waals surface area contributed by atoms with Crippen molar-refractivity contribution in [1.29, 1.82) is 0 Å². The van der Waals surface area contributed by atoms with Gasteiger partial charge in [0.1, 0.15) is 5.60 Å². The van der Waals surface area contributed by atoms with E-state index in [0.717, 1.165) is 12.0 Å². The number of nitrogens with zero attached hydrogens (tertiary/aromatic N) is 1. The Hall–Kier alpha value is -1.88. The van der Waals surface area contributed by atoms with Crippen LogP contribution >= 0.6 is 0 Å². The molecule has 0 bridgehead atoms. The van der Waals surface area contributed by atoms with Crippen molar-refractivity contribution in [3.63, 3.8) is 0 Å². The van der Waals surface area contributed by atoms with Gasteiger partial charge in [0.15, 0.2) is 5.78 Å². The summed E-state index contributed by atoms with van der Waals surface area (Å²) in [4.78, 5) is 26.7. The van der Waals surface area contributed by atoms with Gasteiger partial charge in [-0.2, -0.15) is 0 Å². The van der Waals surface area contributed by atoms with Crippen molar-refractivity contribution in [2.24, 2.45) is 0 Å². The molecular formula is C25H39NO4. The van der Waals surface area contributed by atoms with Crippen molar-refractivity contribution in [2.75, 3.05) is 6.54 Å². The van der Waals surface area contributed by atoms with Gasteiger partial charge in [0.25, 0.3) is 0 Å². The van der Waals surface area contributed by atoms with Gasteiger partial charge in [-0.3, -0.25) is 9.69 Å². The molecule has 0 saturated carbocycles. The summed E-state index contributed by atoms with van der Waals surface area (Å²) < 4.78 is 5.41. The van der Waals surface area contributed by atoms with E-state index in [9.17, 15) is 14.7 Å². The Morgan fingerprint density at radius 1 is 1.03 bits per heavy atom. The molecule has 0 unspecified atom stereocenters. The van der Waals surface area contributed by atoms with E-state index in [1.807, 2.05) is 12.1 Å². The zero-order valence-electron chi connectivity index (χ0n) is 19.2. The van der Waals surface area contributed by atoms with Gasteiger partial charge in [0, 0.05) is 12.8 Å². The molecule has 2 atom stereocenters. The van der Waals surface area contributed by atoms with Gasteiger partial charge < -0.3 is 9.84 Å². The minimum absolute atomic E-state index is 0.0546. The number of β-amino-alcohol motifs (C(OH)–C–C–N with tert-alkyl or cyclic N) is 1. The molecule has 0 aliphatic carbocycles. The first-order valence-corrected chi connectivity index (χ1v) is 11.5. The minimum Gasteiger partial charge on any atom is -0.444 e. The van der Waals surface area contributed by atoms with E-state index in [-0.39, 0.29) is 25.2 Å². The van der Waals surface area contributed by atoms with Crippen LogP contribution in [0.25, 0.3) is 0 Å². The number of aliphatic hydroxyl groups excluding tert-OH is 1. The molecule has 1 heterocycles. The van der Waals surface area contributed by atoms with Crippen molar-refractivity contribution < 1.29 is 19.4 Å². The second-order valence-corrected chi connectivity index (χ2v) is 9.52. The van der Waals surface area contributed by atoms with Crippen LogP contribution in [0.2, 0.25) is 0 Å². The number of ketones is 1. The summed E-state index contributed by atoms with van der Waals surface area (Å²) in [6.45, 7) is 7.75. The summed E-state index contributed by atoms with van der Waals surface area (Å²) in [6.07, 6.45) is 8.08. The third-order valence-corrected chi connectivity index (χ3v) is 5.50. The van der Waals surface area contributed by atoms with Crippen LogP contribution in [0.3, 0.4) is 0 Å². The van der Waals surface area contributed by atoms with E-state index in [2.05, 4.69) is 19.1 Å². The van der Waals surface area contributed by atoms with Crippen LogP contribution in [0, 0.1) is 0 Å². The zero-order valence-corrected chi connectivity index (χ0v) is 19.2. The molecule has 1 saturated heterocycles. The normalized spacial score (nSPS) is 19.2. The molecular weight excluding hydrogens is 378 g/mol. The predicted octanol–water partition coefficient (Wildman–Crippen LogP) is 5.07. The fraction of sp³-hybridized carbons (Fsp3) is 0.680. The minimum atomic E-state index is -0.689. The molecule has 1 amide bonds. The highest BCUT2D eigenvalue weighted by Gasteiger charge is 2.40. The SMILES string of the molecule is CCCCCCCCc1ccc(CC(=O)[C@H]2C[C@H](O)CN2C(=O)OC(C)(C)C)cc1. The van der Waals surface area contributed by atoms with Crippen LogP contribution < -0.4 is 0 Å². The molecule has 0 spiro atoms. The first-order valence-electron chi connectivity index (χ1n) is 11.5. The fourth-order valence-electron chi connectivity index (χ4n) is 3.89. The van der Waals surface area contributed by atoms with Gasteiger partial charge in [-0.05, 0) is 44.7 Å². The highest BCUT2D eigenvalue weighted by atomic mass is 16.6. The summed E-state index contributed by atoms with van der Waals surface area (Å²) in [5, 5.41) is 10.0. The van der Waals surface area contributed by atoms with Gasteiger partial charge in [0.05, 0.1) is 18.7 Å². The van der Waals surface area contributed by atoms with E-state index >= 15 is 0 Å². The predicted molar refractivity (Wildman–Crippen MR) is 120 cm³/mol. The molecule has 1 fully saturated rings. The molecule has 1 aliphatic rings. The maximum Gasteiger partial charge on any atom is 0.410 e. The lowest BCUT2D eigenvalue weighted by Gasteiger charge is -2.27. The third-order valence-electron chi connectivity index (χ3n) is 5.50. The maximum absolute atomic E-state index is 12.9. The van der Waals surface area contributed by atoms with Crippen molar-refractivity contribution in [1.82, 2.24) is 4.90 Å². The Morgan fingerprint density at radius 2 is 1.63 bits per heavy atom. The Bertz CT molecular complexity index is 677. The lowest BCUT2D eigenvalue weighted by atomic mass is 9.99. The molecule has 30 heavy (non-hydrogen) atoms. The Morgan fingerprint density at radius 3 is 2.27 bits per heavy atom. The molecule has 1 aliphatic heterocycles. The van der Waals surface area contributed by atoms with Crippen LogP contribution in [0.5, 0.6) is 0 Å². The van der Waals surface area contributed by atoms with Gasteiger partial charge in [0.2, 0.25) is 0 Å². The molecule has 0 radical (unpaired) electrons. The van der Waals surface area contributed by atoms with E-state index in [1.165, 1.54) is 49.0 Å². The number of Topliss-reactive ketones (excluding diaryl/α,β-unsaturated/α-hetero) is 1. The summed E-state index contributed by atoms with van der Waals surface area (Å²) in [5.41, 5.74) is 1.61. The number of rotatable bonds is 10. The van der Waals surface area contributed by atoms with Crippen LogP contribution in [-0.2, 0) is 22.4 Å². The second kappa shape index (κ2) is 11.5. The Labute approximate surface area is 181 Å². The summed E-state index contributed by atoms with van der Waals surface area (Å²) in [6, 6.07) is 7.59. The Kier molecular flexibility index (Phi) is 9.35. The molecule has 1 aromatic carbocycles. The van der Waals surface area contributed by atoms with Gasteiger partial charge in [-0.15, -0.1) is 0 Å². The number of ether oxygens (including phenoxy) is 1. The number of amides is 1. The average Bonchev–Trinajstić information content (AvgIpc) is 3.07. The number of aliphatic hydroxyl groups is 1. The fourth-order valence-corrected chi connectivity index (χ4v) is 3.89. The quantitative estimate of drug-likeness (QED) is 0.540. The van der Waals surface area contributed by atoms with E-state index in [4.69, 9.17) is 4.74 Å². The lowest BCUT2D eigenvalue weighted by molar-refractivity contribution is -0.122. The molecule has 5 nitrogen and oxygen atoms in total. The molecule has 168 valence electrons. The largest absolute Gasteiger partial charge is 0.444 e. The van der Waals surface area contributed by atoms with Crippen LogP contribution in [-0.4, -0.2) is 46.2 Å². The molecule has 2 rings (SSSR count). The number of hydrogen-bond donors (Lipinski definition) is 1. The smallest absolute Gasteiger partial charge is 0.410 e. The van der Waals surface area contributed by atoms with Crippen molar-refractivity contribution >= 4 is 11.9 Å². The number of aryl methyl sites for hydroxylation is 1. The Balaban J connectivity index is 1.86. The van der Waals surface area contributed by atoms with Gasteiger partial charge >= 0.3 is 6.09 Å². The maximum atomic E-state index is 12.9.